The molecule has 0 bridgehead atoms. The van der Waals surface area contributed by atoms with E-state index in [9.17, 15) is 28.8 Å². The van der Waals surface area contributed by atoms with E-state index in [4.69, 9.17) is 10.2 Å². The summed E-state index contributed by atoms with van der Waals surface area (Å²) in [6, 6.07) is 36.0. The second-order valence-electron chi connectivity index (χ2n) is 14.9. The molecule has 0 atom stereocenters. The van der Waals surface area contributed by atoms with Crippen molar-refractivity contribution in [3.8, 4) is 0 Å². The van der Waals surface area contributed by atoms with Gasteiger partial charge in [-0.3, -0.25) is 28.1 Å². The van der Waals surface area contributed by atoms with Crippen LogP contribution in [0.4, 0.5) is 0 Å². The van der Waals surface area contributed by atoms with E-state index in [1.807, 2.05) is 86.6 Å². The minimum atomic E-state index is -0.986. The summed E-state index contributed by atoms with van der Waals surface area (Å²) in [6.45, 7) is 4.69. The molecule has 0 radical (unpaired) electrons. The third-order valence-corrected chi connectivity index (χ3v) is 11.7. The monoisotopic (exact) mass is 846 g/mol. The van der Waals surface area contributed by atoms with Crippen LogP contribution < -0.4 is 21.8 Å². The van der Waals surface area contributed by atoms with Crippen LogP contribution in [0.2, 0.25) is 0 Å². The van der Waals surface area contributed by atoms with Crippen LogP contribution in [0.5, 0.6) is 0 Å². The largest absolute Gasteiger partial charge is 0.478 e. The molecule has 312 valence electrons. The van der Waals surface area contributed by atoms with Gasteiger partial charge in [0, 0.05) is 67.1 Å². The maximum Gasteiger partial charge on any atom is 0.335 e. The molecule has 1 aliphatic heterocycles. The van der Waals surface area contributed by atoms with Crippen LogP contribution in [0.1, 0.15) is 80.6 Å². The lowest BCUT2D eigenvalue weighted by Gasteiger charge is -2.10. The van der Waals surface area contributed by atoms with Gasteiger partial charge in [-0.05, 0) is 83.6 Å². The second kappa shape index (κ2) is 18.7. The topological polar surface area (TPSA) is 176 Å². The Morgan fingerprint density at radius 1 is 0.613 bits per heavy atom. The number of carbonyl (C=O) groups is 4. The molecule has 0 aliphatic carbocycles. The fraction of sp³-hybridized carbons (Fsp3) is 0.143. The normalized spacial score (nSPS) is 11.5. The van der Waals surface area contributed by atoms with Crippen molar-refractivity contribution in [1.29, 1.82) is 0 Å². The highest BCUT2D eigenvalue weighted by Gasteiger charge is 2.23. The van der Waals surface area contributed by atoms with Gasteiger partial charge in [-0.15, -0.1) is 11.3 Å². The molecule has 2 amide bonds. The lowest BCUT2D eigenvalue weighted by molar-refractivity contribution is -0.117. The van der Waals surface area contributed by atoms with Gasteiger partial charge in [-0.1, -0.05) is 84.9 Å². The molecular weight excluding hydrogens is 805 g/mol. The minimum Gasteiger partial charge on any atom is -0.478 e. The van der Waals surface area contributed by atoms with Crippen molar-refractivity contribution in [3.63, 3.8) is 0 Å². The summed E-state index contributed by atoms with van der Waals surface area (Å²) in [7, 11) is 0. The molecule has 3 aromatic heterocycles. The number of hydrogen-bond donors (Lipinski definition) is 4. The fourth-order valence-electron chi connectivity index (χ4n) is 7.16. The zero-order chi connectivity index (χ0) is 43.9. The van der Waals surface area contributed by atoms with Crippen LogP contribution in [-0.4, -0.2) is 42.9 Å². The Bertz CT molecular complexity index is 2970. The average molecular weight is 847 g/mol. The summed E-state index contributed by atoms with van der Waals surface area (Å²) in [6.07, 6.45) is 4.40. The first kappa shape index (κ1) is 42.5. The number of aromatic nitrogens is 2. The van der Waals surface area contributed by atoms with E-state index in [0.717, 1.165) is 43.9 Å². The number of carboxylic acid groups (broad SMARTS) is 2. The van der Waals surface area contributed by atoms with Crippen LogP contribution in [0.25, 0.3) is 11.0 Å². The molecule has 62 heavy (non-hydrogen) atoms. The zero-order valence-electron chi connectivity index (χ0n) is 33.9. The number of fused-ring (bicyclic) bond motifs is 2. The number of benzene rings is 4. The van der Waals surface area contributed by atoms with Crippen LogP contribution in [-0.2, 0) is 37.1 Å². The lowest BCUT2D eigenvalue weighted by Crippen LogP contribution is -2.24. The Kier molecular flexibility index (Phi) is 12.8. The lowest BCUT2D eigenvalue weighted by atomic mass is 10.0. The summed E-state index contributed by atoms with van der Waals surface area (Å²) in [5.74, 6) is -2.37. The Hall–Kier alpha value is -7.64. The third kappa shape index (κ3) is 9.86. The highest BCUT2D eigenvalue weighted by atomic mass is 32.1. The molecule has 0 fully saturated rings. The van der Waals surface area contributed by atoms with Crippen LogP contribution in [0, 0.1) is 13.8 Å². The van der Waals surface area contributed by atoms with E-state index < -0.39 is 11.9 Å². The first-order valence-electron chi connectivity index (χ1n) is 19.7. The van der Waals surface area contributed by atoms with E-state index in [1.165, 1.54) is 40.0 Å². The van der Waals surface area contributed by atoms with Gasteiger partial charge < -0.3 is 20.8 Å². The Labute approximate surface area is 360 Å². The SMILES string of the molecule is Cc1cc(Cc2ccc(C(=O)O)cc2)c(=O)n2c1CC(C(=O)NCc1ccccc1)=C2.Cc1cc(Cc2ccc(C(=O)O)cc2)c(=O)n2cc(C(=O)NCc3ccccc3)sc12. The molecule has 0 spiro atoms. The van der Waals surface area contributed by atoms with E-state index in [0.29, 0.717) is 53.9 Å². The van der Waals surface area contributed by atoms with Crippen molar-refractivity contribution in [2.75, 3.05) is 0 Å². The smallest absolute Gasteiger partial charge is 0.335 e. The number of pyridine rings is 2. The van der Waals surface area contributed by atoms with Crippen LogP contribution in [0.15, 0.2) is 143 Å². The summed E-state index contributed by atoms with van der Waals surface area (Å²) >= 11 is 1.29. The molecule has 7 aromatic rings. The van der Waals surface area contributed by atoms with E-state index in [-0.39, 0.29) is 34.1 Å². The van der Waals surface area contributed by atoms with Crippen molar-refractivity contribution in [1.82, 2.24) is 19.6 Å². The average Bonchev–Trinajstić information content (AvgIpc) is 3.95. The highest BCUT2D eigenvalue weighted by Crippen LogP contribution is 2.24. The van der Waals surface area contributed by atoms with E-state index in [2.05, 4.69) is 10.6 Å². The van der Waals surface area contributed by atoms with Gasteiger partial charge in [0.15, 0.2) is 0 Å². The molecule has 0 unspecified atom stereocenters. The van der Waals surface area contributed by atoms with Gasteiger partial charge in [-0.25, -0.2) is 9.59 Å². The molecule has 0 saturated heterocycles. The zero-order valence-corrected chi connectivity index (χ0v) is 34.7. The van der Waals surface area contributed by atoms with Crippen molar-refractivity contribution >= 4 is 46.1 Å². The number of nitrogens with zero attached hydrogens (tertiary/aromatic N) is 2. The Morgan fingerprint density at radius 3 is 1.61 bits per heavy atom. The Morgan fingerprint density at radius 2 is 1.10 bits per heavy atom. The molecular formula is C49H42N4O8S. The number of thiazole rings is 1. The maximum absolute atomic E-state index is 13.0. The Balaban J connectivity index is 0.000000186. The van der Waals surface area contributed by atoms with E-state index >= 15 is 0 Å². The minimum absolute atomic E-state index is 0.159. The third-order valence-electron chi connectivity index (χ3n) is 10.5. The molecule has 13 heteroatoms. The van der Waals surface area contributed by atoms with Crippen LogP contribution >= 0.6 is 11.3 Å². The predicted octanol–water partition coefficient (Wildman–Crippen LogP) is 7.05. The van der Waals surface area contributed by atoms with Gasteiger partial charge >= 0.3 is 11.9 Å². The number of amides is 2. The van der Waals surface area contributed by atoms with Gasteiger partial charge in [0.25, 0.3) is 17.0 Å². The summed E-state index contributed by atoms with van der Waals surface area (Å²) in [5, 5.41) is 23.9. The molecule has 12 nitrogen and oxygen atoms in total. The summed E-state index contributed by atoms with van der Waals surface area (Å²) < 4.78 is 3.09. The van der Waals surface area contributed by atoms with Crippen molar-refractivity contribution in [2.45, 2.75) is 46.2 Å². The van der Waals surface area contributed by atoms with Crippen LogP contribution in [0.3, 0.4) is 0 Å². The molecule has 1 aliphatic rings. The van der Waals surface area contributed by atoms with Crippen molar-refractivity contribution in [2.24, 2.45) is 0 Å². The molecule has 0 saturated carbocycles. The van der Waals surface area contributed by atoms with Crippen molar-refractivity contribution < 1.29 is 29.4 Å². The van der Waals surface area contributed by atoms with Gasteiger partial charge in [0.2, 0.25) is 5.91 Å². The second-order valence-corrected chi connectivity index (χ2v) is 16.0. The summed E-state index contributed by atoms with van der Waals surface area (Å²) in [5.41, 5.74) is 8.20. The van der Waals surface area contributed by atoms with Crippen molar-refractivity contribution in [3.05, 3.63) is 220 Å². The number of nitrogens with one attached hydrogen (secondary N) is 2. The quantitative estimate of drug-likeness (QED) is 0.101. The number of carboxylic acids is 2. The van der Waals surface area contributed by atoms with E-state index in [1.54, 1.807) is 41.2 Å². The molecule has 4 heterocycles. The predicted molar refractivity (Wildman–Crippen MR) is 238 cm³/mol. The molecule has 4 N–H and O–H groups in total. The first-order chi connectivity index (χ1) is 29.8. The number of aromatic carboxylic acids is 2. The summed E-state index contributed by atoms with van der Waals surface area (Å²) in [4.78, 5) is 74.5. The van der Waals surface area contributed by atoms with Gasteiger partial charge in [-0.2, -0.15) is 0 Å². The molecule has 4 aromatic carbocycles. The standard InChI is InChI=1S/C25H22N2O4.C24H20N2O4S/c1-16-11-20(12-17-7-9-19(10-8-17)25(30)31)24(29)27-15-21(13-22(16)27)23(28)26-14-18-5-3-2-4-6-18;1-15-11-19(12-16-7-9-18(10-8-16)24(29)30)22(28)26-14-20(31-23(15)26)21(27)25-13-17-5-3-2-4-6-17/h2-11,15H,12-14H2,1H3,(H,26,28)(H,30,31);2-11,14H,12-13H2,1H3,(H,25,27)(H,29,30). The number of rotatable bonds is 12. The number of hydrogen-bond acceptors (Lipinski definition) is 7. The first-order valence-corrected chi connectivity index (χ1v) is 20.5. The molecule has 8 rings (SSSR count). The number of aryl methyl sites for hydroxylation is 2. The maximum atomic E-state index is 13.0. The highest BCUT2D eigenvalue weighted by molar-refractivity contribution is 7.19. The fourth-order valence-corrected chi connectivity index (χ4v) is 8.14. The number of carbonyl (C=O) groups excluding carboxylic acids is 2. The van der Waals surface area contributed by atoms with Gasteiger partial charge in [0.05, 0.1) is 11.1 Å². The van der Waals surface area contributed by atoms with Gasteiger partial charge in [0.1, 0.15) is 9.71 Å².